The summed E-state index contributed by atoms with van der Waals surface area (Å²) in [5.74, 6) is -0.519. The number of nitrogens with one attached hydrogen (secondary N) is 1. The molecule has 0 bridgehead atoms. The first-order valence-corrected chi connectivity index (χ1v) is 9.35. The van der Waals surface area contributed by atoms with E-state index >= 15 is 0 Å². The average Bonchev–Trinajstić information content (AvgIpc) is 3.03. The van der Waals surface area contributed by atoms with E-state index in [0.717, 1.165) is 12.8 Å². The van der Waals surface area contributed by atoms with Crippen molar-refractivity contribution in [3.8, 4) is 0 Å². The Morgan fingerprint density at radius 2 is 1.96 bits per heavy atom. The van der Waals surface area contributed by atoms with Crippen molar-refractivity contribution >= 4 is 18.0 Å². The van der Waals surface area contributed by atoms with E-state index < -0.39 is 17.7 Å². The lowest BCUT2D eigenvalue weighted by molar-refractivity contribution is -0.147. The number of hydrogen-bond donors (Lipinski definition) is 1. The van der Waals surface area contributed by atoms with Crippen LogP contribution in [0.4, 0.5) is 4.79 Å². The molecule has 0 saturated carbocycles. The van der Waals surface area contributed by atoms with Crippen LogP contribution in [-0.4, -0.2) is 53.7 Å². The Morgan fingerprint density at radius 3 is 2.56 bits per heavy atom. The molecule has 0 spiro atoms. The number of carbonyl (C=O) groups excluding carboxylic acids is 3. The van der Waals surface area contributed by atoms with Crippen LogP contribution in [0.25, 0.3) is 0 Å². The molecule has 7 nitrogen and oxygen atoms in total. The van der Waals surface area contributed by atoms with E-state index in [0.29, 0.717) is 19.4 Å². The summed E-state index contributed by atoms with van der Waals surface area (Å²) in [6.07, 6.45) is 5.32. The van der Waals surface area contributed by atoms with E-state index in [2.05, 4.69) is 18.5 Å². The third-order valence-corrected chi connectivity index (χ3v) is 4.04. The van der Waals surface area contributed by atoms with Gasteiger partial charge in [-0.15, -0.1) is 13.2 Å². The molecule has 0 radical (unpaired) electrons. The maximum Gasteiger partial charge on any atom is 0.408 e. The van der Waals surface area contributed by atoms with Crippen LogP contribution >= 0.6 is 0 Å². The van der Waals surface area contributed by atoms with Gasteiger partial charge in [0.15, 0.2) is 0 Å². The highest BCUT2D eigenvalue weighted by Gasteiger charge is 2.34. The largest absolute Gasteiger partial charge is 0.463 e. The van der Waals surface area contributed by atoms with Crippen LogP contribution in [0.2, 0.25) is 0 Å². The molecule has 7 heteroatoms. The highest BCUT2D eigenvalue weighted by atomic mass is 16.6. The second-order valence-corrected chi connectivity index (χ2v) is 7.56. The number of nitrogens with zero attached hydrogens (tertiary/aromatic N) is 1. The highest BCUT2D eigenvalue weighted by molar-refractivity contribution is 5.86. The van der Waals surface area contributed by atoms with Crippen LogP contribution in [0.5, 0.6) is 0 Å². The fourth-order valence-electron chi connectivity index (χ4n) is 2.82. The normalized spacial score (nSPS) is 17.7. The van der Waals surface area contributed by atoms with Crippen molar-refractivity contribution in [2.24, 2.45) is 0 Å². The molecule has 1 aliphatic rings. The van der Waals surface area contributed by atoms with Gasteiger partial charge in [0.05, 0.1) is 6.04 Å². The minimum absolute atomic E-state index is 0.162. The van der Waals surface area contributed by atoms with Crippen molar-refractivity contribution in [1.82, 2.24) is 10.2 Å². The summed E-state index contributed by atoms with van der Waals surface area (Å²) in [4.78, 5) is 38.3. The third kappa shape index (κ3) is 8.28. The van der Waals surface area contributed by atoms with Gasteiger partial charge in [-0.2, -0.15) is 0 Å². The van der Waals surface area contributed by atoms with Gasteiger partial charge in [-0.05, 0) is 46.5 Å². The zero-order valence-electron chi connectivity index (χ0n) is 16.7. The summed E-state index contributed by atoms with van der Waals surface area (Å²) in [7, 11) is 0. The Kier molecular flexibility index (Phi) is 9.05. The van der Waals surface area contributed by atoms with Crippen molar-refractivity contribution < 1.29 is 23.9 Å². The molecular formula is C20H32N2O5. The molecule has 2 atom stereocenters. The fourth-order valence-corrected chi connectivity index (χ4v) is 2.82. The van der Waals surface area contributed by atoms with Crippen molar-refractivity contribution in [3.05, 3.63) is 25.3 Å². The molecule has 1 heterocycles. The second-order valence-electron chi connectivity index (χ2n) is 7.56. The van der Waals surface area contributed by atoms with Gasteiger partial charge >= 0.3 is 12.1 Å². The lowest BCUT2D eigenvalue weighted by Crippen LogP contribution is -2.51. The number of alkyl carbamates (subject to hydrolysis) is 1. The van der Waals surface area contributed by atoms with E-state index in [1.807, 2.05) is 0 Å². The van der Waals surface area contributed by atoms with E-state index in [4.69, 9.17) is 9.47 Å². The molecule has 2 amide bonds. The lowest BCUT2D eigenvalue weighted by Gasteiger charge is -2.29. The molecule has 1 rings (SSSR count). The number of ether oxygens (including phenoxy) is 2. The Labute approximate surface area is 161 Å². The Balaban J connectivity index is 2.67. The molecule has 1 N–H and O–H groups in total. The van der Waals surface area contributed by atoms with E-state index in [-0.39, 0.29) is 30.9 Å². The average molecular weight is 380 g/mol. The van der Waals surface area contributed by atoms with Gasteiger partial charge in [-0.25, -0.2) is 4.79 Å². The molecule has 1 saturated heterocycles. The van der Waals surface area contributed by atoms with Crippen LogP contribution < -0.4 is 5.32 Å². The zero-order chi connectivity index (χ0) is 20.4. The molecular weight excluding hydrogens is 348 g/mol. The Hall–Kier alpha value is -2.31. The molecule has 0 aromatic carbocycles. The van der Waals surface area contributed by atoms with Gasteiger partial charge in [0.25, 0.3) is 0 Å². The predicted molar refractivity (Wildman–Crippen MR) is 103 cm³/mol. The number of amides is 2. The maximum absolute atomic E-state index is 12.9. The first-order valence-electron chi connectivity index (χ1n) is 9.35. The molecule has 0 aromatic rings. The molecule has 0 aromatic heterocycles. The monoisotopic (exact) mass is 380 g/mol. The molecule has 0 unspecified atom stereocenters. The molecule has 152 valence electrons. The smallest absolute Gasteiger partial charge is 0.408 e. The Morgan fingerprint density at radius 1 is 1.26 bits per heavy atom. The molecule has 27 heavy (non-hydrogen) atoms. The van der Waals surface area contributed by atoms with E-state index in [1.165, 1.54) is 0 Å². The van der Waals surface area contributed by atoms with Gasteiger partial charge in [-0.3, -0.25) is 9.59 Å². The number of esters is 1. The number of likely N-dealkylation sites (tertiary alicyclic amines) is 1. The summed E-state index contributed by atoms with van der Waals surface area (Å²) in [5.41, 5.74) is -0.651. The van der Waals surface area contributed by atoms with Crippen LogP contribution in [-0.2, 0) is 19.1 Å². The predicted octanol–water partition coefficient (Wildman–Crippen LogP) is 2.96. The molecule has 1 aliphatic heterocycles. The van der Waals surface area contributed by atoms with Crippen molar-refractivity contribution in [2.75, 3.05) is 13.2 Å². The lowest BCUT2D eigenvalue weighted by atomic mass is 10.1. The van der Waals surface area contributed by atoms with Gasteiger partial charge < -0.3 is 19.7 Å². The van der Waals surface area contributed by atoms with Crippen LogP contribution in [0.3, 0.4) is 0 Å². The van der Waals surface area contributed by atoms with Crippen molar-refractivity contribution in [2.45, 2.75) is 70.6 Å². The van der Waals surface area contributed by atoms with Gasteiger partial charge in [0.1, 0.15) is 18.2 Å². The van der Waals surface area contributed by atoms with E-state index in [9.17, 15) is 14.4 Å². The van der Waals surface area contributed by atoms with Gasteiger partial charge in [0.2, 0.25) is 5.91 Å². The summed E-state index contributed by atoms with van der Waals surface area (Å²) in [5, 5.41) is 2.62. The summed E-state index contributed by atoms with van der Waals surface area (Å²) < 4.78 is 10.5. The SMILES string of the molecule is C=CCCC(=O)OC[C@@H]1CCCN1C(=O)[C@@H](CC=C)NC(=O)OC(C)(C)C. The fraction of sp³-hybridized carbons (Fsp3) is 0.650. The Bertz CT molecular complexity index is 553. The minimum atomic E-state index is -0.755. The first-order chi connectivity index (χ1) is 12.7. The maximum atomic E-state index is 12.9. The second kappa shape index (κ2) is 10.7. The van der Waals surface area contributed by atoms with Gasteiger partial charge in [-0.1, -0.05) is 12.2 Å². The zero-order valence-corrected chi connectivity index (χ0v) is 16.7. The standard InChI is InChI=1S/C20H32N2O5/c1-6-8-12-17(23)26-14-15-11-9-13-22(15)18(24)16(10-7-2)21-19(25)27-20(3,4)5/h6-7,15-16H,1-2,8-14H2,3-5H3,(H,21,25)/t15-,16+/m0/s1. The molecule has 1 fully saturated rings. The van der Waals surface area contributed by atoms with Crippen LogP contribution in [0, 0.1) is 0 Å². The topological polar surface area (TPSA) is 84.9 Å². The number of allylic oxidation sites excluding steroid dienone is 1. The van der Waals surface area contributed by atoms with Crippen LogP contribution in [0.15, 0.2) is 25.3 Å². The first kappa shape index (κ1) is 22.7. The highest BCUT2D eigenvalue weighted by Crippen LogP contribution is 2.20. The van der Waals surface area contributed by atoms with Crippen LogP contribution in [0.1, 0.15) is 52.9 Å². The summed E-state index contributed by atoms with van der Waals surface area (Å²) in [6, 6.07) is -0.938. The summed E-state index contributed by atoms with van der Waals surface area (Å²) in [6.45, 7) is 13.2. The third-order valence-electron chi connectivity index (χ3n) is 4.04. The number of carbonyl (C=O) groups is 3. The number of rotatable bonds is 9. The van der Waals surface area contributed by atoms with Gasteiger partial charge in [0, 0.05) is 13.0 Å². The quantitative estimate of drug-likeness (QED) is 0.491. The van der Waals surface area contributed by atoms with E-state index in [1.54, 1.807) is 37.8 Å². The molecule has 0 aliphatic carbocycles. The minimum Gasteiger partial charge on any atom is -0.463 e. The van der Waals surface area contributed by atoms with Crippen molar-refractivity contribution in [3.63, 3.8) is 0 Å². The van der Waals surface area contributed by atoms with Crippen molar-refractivity contribution in [1.29, 1.82) is 0 Å². The summed E-state index contributed by atoms with van der Waals surface area (Å²) >= 11 is 0. The number of hydrogen-bond acceptors (Lipinski definition) is 5.